The van der Waals surface area contributed by atoms with Crippen molar-refractivity contribution in [3.05, 3.63) is 22.6 Å². The summed E-state index contributed by atoms with van der Waals surface area (Å²) in [6, 6.07) is 0. The van der Waals surface area contributed by atoms with Gasteiger partial charge in [-0.15, -0.1) is 12.6 Å². The monoisotopic (exact) mass is 156 g/mol. The van der Waals surface area contributed by atoms with Crippen molar-refractivity contribution >= 4 is 12.6 Å². The summed E-state index contributed by atoms with van der Waals surface area (Å²) in [4.78, 5) is 1.12. The van der Waals surface area contributed by atoms with Crippen LogP contribution in [0.4, 0.5) is 0 Å². The fourth-order valence-electron chi connectivity index (χ4n) is 0.875. The second-order valence-corrected chi connectivity index (χ2v) is 2.72. The van der Waals surface area contributed by atoms with Crippen LogP contribution < -0.4 is 0 Å². The zero-order chi connectivity index (χ0) is 7.98. The Morgan fingerprint density at radius 3 is 2.20 bits per heavy atom. The smallest absolute Gasteiger partial charge is 0.00260 e. The SMILES string of the molecule is C/C=C(S)/C(=C/C)CCC. The molecule has 0 heterocycles. The van der Waals surface area contributed by atoms with E-state index >= 15 is 0 Å². The number of hydrogen-bond donors (Lipinski definition) is 1. The zero-order valence-electron chi connectivity index (χ0n) is 7.02. The summed E-state index contributed by atoms with van der Waals surface area (Å²) in [6.45, 7) is 6.26. The molecule has 0 bridgehead atoms. The van der Waals surface area contributed by atoms with E-state index in [0.717, 1.165) is 11.3 Å². The molecule has 10 heavy (non-hydrogen) atoms. The molecule has 0 amide bonds. The first-order valence-corrected chi connectivity index (χ1v) is 4.21. The van der Waals surface area contributed by atoms with E-state index in [9.17, 15) is 0 Å². The molecule has 0 fully saturated rings. The molecule has 0 nitrogen and oxygen atoms in total. The van der Waals surface area contributed by atoms with Gasteiger partial charge < -0.3 is 0 Å². The molecule has 0 aliphatic heterocycles. The largest absolute Gasteiger partial charge is 0.143 e. The Bertz CT molecular complexity index is 143. The molecule has 0 spiro atoms. The molecule has 0 saturated heterocycles. The van der Waals surface area contributed by atoms with E-state index in [1.807, 2.05) is 13.0 Å². The molecule has 0 unspecified atom stereocenters. The minimum atomic E-state index is 1.12. The number of allylic oxidation sites excluding steroid dienone is 3. The van der Waals surface area contributed by atoms with E-state index in [4.69, 9.17) is 0 Å². The first kappa shape index (κ1) is 9.83. The fourth-order valence-corrected chi connectivity index (χ4v) is 1.12. The molecule has 0 aromatic rings. The van der Waals surface area contributed by atoms with E-state index in [1.54, 1.807) is 0 Å². The lowest BCUT2D eigenvalue weighted by molar-refractivity contribution is 0.921. The predicted molar refractivity (Wildman–Crippen MR) is 51.4 cm³/mol. The van der Waals surface area contributed by atoms with Gasteiger partial charge in [0.1, 0.15) is 0 Å². The second-order valence-electron chi connectivity index (χ2n) is 2.24. The van der Waals surface area contributed by atoms with Crippen LogP contribution in [-0.4, -0.2) is 0 Å². The van der Waals surface area contributed by atoms with Gasteiger partial charge in [0.15, 0.2) is 0 Å². The normalized spacial score (nSPS) is 14.0. The van der Waals surface area contributed by atoms with Crippen molar-refractivity contribution < 1.29 is 0 Å². The highest BCUT2D eigenvalue weighted by Gasteiger charge is 1.95. The molecule has 0 aliphatic rings. The van der Waals surface area contributed by atoms with Crippen LogP contribution in [0.15, 0.2) is 22.6 Å². The van der Waals surface area contributed by atoms with Gasteiger partial charge in [-0.2, -0.15) is 0 Å². The molecule has 1 heteroatoms. The van der Waals surface area contributed by atoms with Gasteiger partial charge in [0, 0.05) is 4.91 Å². The van der Waals surface area contributed by atoms with E-state index in [0.29, 0.717) is 0 Å². The maximum atomic E-state index is 4.33. The summed E-state index contributed by atoms with van der Waals surface area (Å²) in [5.74, 6) is 0. The molecule has 0 aromatic heterocycles. The van der Waals surface area contributed by atoms with Crippen molar-refractivity contribution in [2.45, 2.75) is 33.6 Å². The van der Waals surface area contributed by atoms with E-state index in [2.05, 4.69) is 32.6 Å². The van der Waals surface area contributed by atoms with E-state index < -0.39 is 0 Å². The van der Waals surface area contributed by atoms with Gasteiger partial charge in [0.05, 0.1) is 0 Å². The summed E-state index contributed by atoms with van der Waals surface area (Å²) < 4.78 is 0. The number of rotatable bonds is 3. The van der Waals surface area contributed by atoms with Gasteiger partial charge in [-0.05, 0) is 25.8 Å². The molecule has 0 radical (unpaired) electrons. The van der Waals surface area contributed by atoms with E-state index in [1.165, 1.54) is 12.0 Å². The Morgan fingerprint density at radius 2 is 1.90 bits per heavy atom. The summed E-state index contributed by atoms with van der Waals surface area (Å²) in [6.07, 6.45) is 6.50. The molecule has 0 saturated carbocycles. The van der Waals surface area contributed by atoms with Crippen molar-refractivity contribution in [3.63, 3.8) is 0 Å². The minimum absolute atomic E-state index is 1.12. The van der Waals surface area contributed by atoms with Crippen LogP contribution >= 0.6 is 12.6 Å². The van der Waals surface area contributed by atoms with Crippen LogP contribution in [0.2, 0.25) is 0 Å². The van der Waals surface area contributed by atoms with E-state index in [-0.39, 0.29) is 0 Å². The molecule has 0 aromatic carbocycles. The minimum Gasteiger partial charge on any atom is -0.143 e. The number of hydrogen-bond acceptors (Lipinski definition) is 1. The van der Waals surface area contributed by atoms with Gasteiger partial charge >= 0.3 is 0 Å². The van der Waals surface area contributed by atoms with Crippen molar-refractivity contribution in [2.75, 3.05) is 0 Å². The first-order valence-electron chi connectivity index (χ1n) is 3.77. The highest BCUT2D eigenvalue weighted by Crippen LogP contribution is 2.18. The maximum absolute atomic E-state index is 4.33. The lowest BCUT2D eigenvalue weighted by Crippen LogP contribution is -1.81. The van der Waals surface area contributed by atoms with Crippen LogP contribution in [0.1, 0.15) is 33.6 Å². The third-order valence-electron chi connectivity index (χ3n) is 1.47. The standard InChI is InChI=1S/C9H16S/c1-4-7-8(5-2)9(10)6-3/h5-6,10H,4,7H2,1-3H3/b8-5+,9-6-. The van der Waals surface area contributed by atoms with Gasteiger partial charge in [0.2, 0.25) is 0 Å². The van der Waals surface area contributed by atoms with Gasteiger partial charge in [-0.1, -0.05) is 25.5 Å². The average Bonchev–Trinajstić information content (AvgIpc) is 1.99. The molecule has 0 aliphatic carbocycles. The fraction of sp³-hybridized carbons (Fsp3) is 0.556. The van der Waals surface area contributed by atoms with Crippen LogP contribution in [-0.2, 0) is 0 Å². The van der Waals surface area contributed by atoms with Crippen molar-refractivity contribution in [3.8, 4) is 0 Å². The average molecular weight is 156 g/mol. The predicted octanol–water partition coefficient (Wildman–Crippen LogP) is 3.57. The molecule has 0 N–H and O–H groups in total. The summed E-state index contributed by atoms with van der Waals surface area (Å²) in [7, 11) is 0. The quantitative estimate of drug-likeness (QED) is 0.469. The Morgan fingerprint density at radius 1 is 1.30 bits per heavy atom. The van der Waals surface area contributed by atoms with Crippen LogP contribution in [0.5, 0.6) is 0 Å². The van der Waals surface area contributed by atoms with Crippen molar-refractivity contribution in [2.24, 2.45) is 0 Å². The second kappa shape index (κ2) is 5.60. The lowest BCUT2D eigenvalue weighted by atomic mass is 10.1. The Hall–Kier alpha value is -0.170. The molecule has 0 atom stereocenters. The Kier molecular flexibility index (Phi) is 5.51. The van der Waals surface area contributed by atoms with Gasteiger partial charge in [-0.25, -0.2) is 0 Å². The Labute approximate surface area is 69.4 Å². The van der Waals surface area contributed by atoms with Crippen molar-refractivity contribution in [1.29, 1.82) is 0 Å². The molecular weight excluding hydrogens is 140 g/mol. The van der Waals surface area contributed by atoms with Crippen LogP contribution in [0.3, 0.4) is 0 Å². The van der Waals surface area contributed by atoms with Gasteiger partial charge in [0.25, 0.3) is 0 Å². The topological polar surface area (TPSA) is 0 Å². The lowest BCUT2D eigenvalue weighted by Gasteiger charge is -2.02. The van der Waals surface area contributed by atoms with Crippen molar-refractivity contribution in [1.82, 2.24) is 0 Å². The number of thiol groups is 1. The summed E-state index contributed by atoms with van der Waals surface area (Å²) in [5.41, 5.74) is 1.35. The highest BCUT2D eigenvalue weighted by molar-refractivity contribution is 7.84. The van der Waals surface area contributed by atoms with Crippen LogP contribution in [0.25, 0.3) is 0 Å². The molecule has 0 rings (SSSR count). The highest BCUT2D eigenvalue weighted by atomic mass is 32.1. The molecule has 58 valence electrons. The first-order chi connectivity index (χ1) is 4.76. The third-order valence-corrected chi connectivity index (χ3v) is 2.02. The Balaban J connectivity index is 4.09. The van der Waals surface area contributed by atoms with Gasteiger partial charge in [-0.3, -0.25) is 0 Å². The third kappa shape index (κ3) is 3.11. The summed E-state index contributed by atoms with van der Waals surface area (Å²) in [5, 5.41) is 0. The van der Waals surface area contributed by atoms with Crippen LogP contribution in [0, 0.1) is 0 Å². The molecular formula is C9H16S. The summed E-state index contributed by atoms with van der Waals surface area (Å²) >= 11 is 4.33. The maximum Gasteiger partial charge on any atom is 0.00260 e. The zero-order valence-corrected chi connectivity index (χ0v) is 7.91.